The molecule has 1 heterocycles. The maximum atomic E-state index is 10.4. The van der Waals surface area contributed by atoms with Crippen molar-refractivity contribution < 1.29 is 9.90 Å². The van der Waals surface area contributed by atoms with Crippen molar-refractivity contribution in [2.75, 3.05) is 13.6 Å². The van der Waals surface area contributed by atoms with Crippen LogP contribution in [0.15, 0.2) is 6.07 Å². The van der Waals surface area contributed by atoms with Crippen LogP contribution < -0.4 is 0 Å². The minimum Gasteiger partial charge on any atom is -0.481 e. The SMILES string of the molecule is Cc1cc(CN(C)CCCC(=O)O)c(C)s1. The van der Waals surface area contributed by atoms with Crippen molar-refractivity contribution in [1.82, 2.24) is 4.90 Å². The number of rotatable bonds is 6. The largest absolute Gasteiger partial charge is 0.481 e. The van der Waals surface area contributed by atoms with Gasteiger partial charge in [0.25, 0.3) is 0 Å². The van der Waals surface area contributed by atoms with Gasteiger partial charge in [-0.05, 0) is 45.5 Å². The summed E-state index contributed by atoms with van der Waals surface area (Å²) in [5, 5.41) is 8.55. The number of hydrogen-bond acceptors (Lipinski definition) is 3. The van der Waals surface area contributed by atoms with E-state index >= 15 is 0 Å². The Morgan fingerprint density at radius 2 is 2.19 bits per heavy atom. The third kappa shape index (κ3) is 4.33. The van der Waals surface area contributed by atoms with Crippen molar-refractivity contribution in [1.29, 1.82) is 0 Å². The van der Waals surface area contributed by atoms with E-state index in [2.05, 4.69) is 24.8 Å². The fourth-order valence-electron chi connectivity index (χ4n) is 1.71. The Bertz CT molecular complexity index is 360. The highest BCUT2D eigenvalue weighted by Crippen LogP contribution is 2.21. The second-order valence-corrected chi connectivity index (χ2v) is 5.63. The molecule has 0 saturated heterocycles. The molecule has 16 heavy (non-hydrogen) atoms. The molecular formula is C12H19NO2S. The van der Waals surface area contributed by atoms with Crippen LogP contribution in [0, 0.1) is 13.8 Å². The van der Waals surface area contributed by atoms with Crippen LogP contribution in [0.25, 0.3) is 0 Å². The quantitative estimate of drug-likeness (QED) is 0.832. The summed E-state index contributed by atoms with van der Waals surface area (Å²) < 4.78 is 0. The van der Waals surface area contributed by atoms with Crippen molar-refractivity contribution >= 4 is 17.3 Å². The van der Waals surface area contributed by atoms with Gasteiger partial charge in [-0.2, -0.15) is 0 Å². The second-order valence-electron chi connectivity index (χ2n) is 4.17. The number of nitrogens with zero attached hydrogens (tertiary/aromatic N) is 1. The van der Waals surface area contributed by atoms with Crippen molar-refractivity contribution in [2.24, 2.45) is 0 Å². The molecule has 0 unspecified atom stereocenters. The molecule has 1 rings (SSSR count). The van der Waals surface area contributed by atoms with Gasteiger partial charge in [0.2, 0.25) is 0 Å². The minimum absolute atomic E-state index is 0.256. The highest BCUT2D eigenvalue weighted by atomic mass is 32.1. The van der Waals surface area contributed by atoms with Crippen LogP contribution >= 0.6 is 11.3 Å². The molecule has 3 nitrogen and oxygen atoms in total. The summed E-state index contributed by atoms with van der Waals surface area (Å²) in [7, 11) is 2.04. The van der Waals surface area contributed by atoms with Crippen molar-refractivity contribution in [2.45, 2.75) is 33.2 Å². The molecule has 0 saturated carbocycles. The van der Waals surface area contributed by atoms with Crippen LogP contribution in [0.5, 0.6) is 0 Å². The Balaban J connectivity index is 2.36. The van der Waals surface area contributed by atoms with E-state index in [9.17, 15) is 4.79 Å². The number of carboxylic acid groups (broad SMARTS) is 1. The summed E-state index contributed by atoms with van der Waals surface area (Å²) in [6.45, 7) is 6.00. The molecule has 0 aliphatic heterocycles. The maximum Gasteiger partial charge on any atom is 0.303 e. The maximum absolute atomic E-state index is 10.4. The van der Waals surface area contributed by atoms with E-state index in [1.54, 1.807) is 0 Å². The fourth-order valence-corrected chi connectivity index (χ4v) is 2.65. The number of aliphatic carboxylic acids is 1. The lowest BCUT2D eigenvalue weighted by molar-refractivity contribution is -0.137. The highest BCUT2D eigenvalue weighted by Gasteiger charge is 2.06. The summed E-state index contributed by atoms with van der Waals surface area (Å²) in [5.41, 5.74) is 1.36. The molecule has 1 aromatic rings. The molecule has 0 atom stereocenters. The summed E-state index contributed by atoms with van der Waals surface area (Å²) in [6.07, 6.45) is 0.972. The zero-order valence-electron chi connectivity index (χ0n) is 10.1. The molecule has 0 spiro atoms. The summed E-state index contributed by atoms with van der Waals surface area (Å²) in [4.78, 5) is 15.3. The second kappa shape index (κ2) is 6.01. The van der Waals surface area contributed by atoms with E-state index < -0.39 is 5.97 Å². The van der Waals surface area contributed by atoms with Crippen LogP contribution in [0.3, 0.4) is 0 Å². The predicted octanol–water partition coefficient (Wildman–Crippen LogP) is 2.66. The first-order chi connectivity index (χ1) is 7.49. The Kier molecular flexibility index (Phi) is 4.96. The normalized spacial score (nSPS) is 11.0. The average molecular weight is 241 g/mol. The van der Waals surface area contributed by atoms with E-state index in [1.165, 1.54) is 15.3 Å². The van der Waals surface area contributed by atoms with E-state index in [0.29, 0.717) is 6.42 Å². The summed E-state index contributed by atoms with van der Waals surface area (Å²) in [5.74, 6) is -0.712. The van der Waals surface area contributed by atoms with E-state index in [-0.39, 0.29) is 6.42 Å². The molecule has 0 bridgehead atoms. The van der Waals surface area contributed by atoms with E-state index in [1.807, 2.05) is 18.4 Å². The van der Waals surface area contributed by atoms with Gasteiger partial charge in [0.15, 0.2) is 0 Å². The van der Waals surface area contributed by atoms with Gasteiger partial charge in [0.1, 0.15) is 0 Å². The molecule has 0 aliphatic rings. The lowest BCUT2D eigenvalue weighted by Gasteiger charge is -2.15. The number of carbonyl (C=O) groups is 1. The Labute approximate surface area is 101 Å². The van der Waals surface area contributed by atoms with Crippen LogP contribution in [-0.2, 0) is 11.3 Å². The first-order valence-electron chi connectivity index (χ1n) is 5.45. The lowest BCUT2D eigenvalue weighted by atomic mass is 10.2. The van der Waals surface area contributed by atoms with Gasteiger partial charge in [0.05, 0.1) is 0 Å². The van der Waals surface area contributed by atoms with Gasteiger partial charge in [0, 0.05) is 22.7 Å². The third-order valence-electron chi connectivity index (χ3n) is 2.51. The van der Waals surface area contributed by atoms with Gasteiger partial charge in [-0.25, -0.2) is 0 Å². The number of hydrogen-bond donors (Lipinski definition) is 1. The van der Waals surface area contributed by atoms with Gasteiger partial charge in [-0.15, -0.1) is 11.3 Å². The number of carboxylic acids is 1. The molecule has 0 radical (unpaired) electrons. The lowest BCUT2D eigenvalue weighted by Crippen LogP contribution is -2.19. The molecule has 0 aliphatic carbocycles. The first kappa shape index (κ1) is 13.2. The molecule has 0 fully saturated rings. The smallest absolute Gasteiger partial charge is 0.303 e. The Morgan fingerprint density at radius 3 is 2.69 bits per heavy atom. The van der Waals surface area contributed by atoms with E-state index in [0.717, 1.165) is 13.1 Å². The van der Waals surface area contributed by atoms with Crippen LogP contribution in [0.4, 0.5) is 0 Å². The number of aryl methyl sites for hydroxylation is 2. The Morgan fingerprint density at radius 1 is 1.50 bits per heavy atom. The van der Waals surface area contributed by atoms with Gasteiger partial charge in [-0.3, -0.25) is 4.79 Å². The van der Waals surface area contributed by atoms with E-state index in [4.69, 9.17) is 5.11 Å². The van der Waals surface area contributed by atoms with Gasteiger partial charge in [-0.1, -0.05) is 0 Å². The highest BCUT2D eigenvalue weighted by molar-refractivity contribution is 7.12. The minimum atomic E-state index is -0.712. The fraction of sp³-hybridized carbons (Fsp3) is 0.583. The summed E-state index contributed by atoms with van der Waals surface area (Å²) >= 11 is 1.82. The van der Waals surface area contributed by atoms with Crippen molar-refractivity contribution in [3.05, 3.63) is 21.4 Å². The average Bonchev–Trinajstić information content (AvgIpc) is 2.44. The Hall–Kier alpha value is -0.870. The zero-order valence-corrected chi connectivity index (χ0v) is 10.9. The first-order valence-corrected chi connectivity index (χ1v) is 6.27. The standard InChI is InChI=1S/C12H19NO2S/c1-9-7-11(10(2)16-9)8-13(3)6-4-5-12(14)15/h7H,4-6,8H2,1-3H3,(H,14,15). The number of thiophene rings is 1. The van der Waals surface area contributed by atoms with Crippen LogP contribution in [0.1, 0.15) is 28.2 Å². The van der Waals surface area contributed by atoms with Gasteiger partial charge < -0.3 is 10.0 Å². The molecule has 0 amide bonds. The predicted molar refractivity (Wildman–Crippen MR) is 67.0 cm³/mol. The topological polar surface area (TPSA) is 40.5 Å². The zero-order chi connectivity index (χ0) is 12.1. The molecule has 0 aromatic carbocycles. The molecule has 90 valence electrons. The molecule has 1 aromatic heterocycles. The van der Waals surface area contributed by atoms with Crippen molar-refractivity contribution in [3.63, 3.8) is 0 Å². The molecule has 4 heteroatoms. The third-order valence-corrected chi connectivity index (χ3v) is 3.52. The van der Waals surface area contributed by atoms with Crippen LogP contribution in [-0.4, -0.2) is 29.6 Å². The van der Waals surface area contributed by atoms with Gasteiger partial charge >= 0.3 is 5.97 Å². The molecule has 1 N–H and O–H groups in total. The monoisotopic (exact) mass is 241 g/mol. The molecular weight excluding hydrogens is 222 g/mol. The van der Waals surface area contributed by atoms with Crippen LogP contribution in [0.2, 0.25) is 0 Å². The summed E-state index contributed by atoms with van der Waals surface area (Å²) in [6, 6.07) is 2.22. The van der Waals surface area contributed by atoms with Crippen molar-refractivity contribution in [3.8, 4) is 0 Å².